The second kappa shape index (κ2) is 10.5. The highest BCUT2D eigenvalue weighted by atomic mass is 16.5. The summed E-state index contributed by atoms with van der Waals surface area (Å²) in [6.45, 7) is 7.47. The monoisotopic (exact) mass is 369 g/mol. The Bertz CT molecular complexity index is 726. The van der Waals surface area contributed by atoms with Gasteiger partial charge in [-0.1, -0.05) is 24.5 Å². The summed E-state index contributed by atoms with van der Waals surface area (Å²) < 4.78 is 5.93. The van der Waals surface area contributed by atoms with Crippen molar-refractivity contribution in [3.63, 3.8) is 0 Å². The fourth-order valence-electron chi connectivity index (χ4n) is 3.36. The highest BCUT2D eigenvalue weighted by Gasteiger charge is 2.19. The van der Waals surface area contributed by atoms with Gasteiger partial charge in [0.25, 0.3) is 0 Å². The lowest BCUT2D eigenvalue weighted by Crippen LogP contribution is -2.17. The number of aryl methyl sites for hydroxylation is 1. The van der Waals surface area contributed by atoms with Gasteiger partial charge >= 0.3 is 0 Å². The van der Waals surface area contributed by atoms with Crippen LogP contribution in [0.1, 0.15) is 64.5 Å². The Morgan fingerprint density at radius 3 is 2.89 bits per heavy atom. The molecular formula is C23H35N3O. The Kier molecular flexibility index (Phi) is 7.76. The molecule has 2 aromatic rings. The van der Waals surface area contributed by atoms with Crippen molar-refractivity contribution in [1.29, 1.82) is 0 Å². The summed E-state index contributed by atoms with van der Waals surface area (Å²) in [4.78, 5) is 0. The maximum Gasteiger partial charge on any atom is 0.121 e. The third-order valence-electron chi connectivity index (χ3n) is 5.19. The first-order valence-corrected chi connectivity index (χ1v) is 10.7. The third kappa shape index (κ3) is 7.02. The molecule has 1 saturated carbocycles. The van der Waals surface area contributed by atoms with Gasteiger partial charge in [-0.25, -0.2) is 0 Å². The predicted molar refractivity (Wildman–Crippen MR) is 113 cm³/mol. The van der Waals surface area contributed by atoms with Gasteiger partial charge in [0.15, 0.2) is 0 Å². The van der Waals surface area contributed by atoms with Gasteiger partial charge in [-0.05, 0) is 83.5 Å². The van der Waals surface area contributed by atoms with Crippen LogP contribution in [0.25, 0.3) is 10.9 Å². The molecule has 0 unspecified atom stereocenters. The normalized spacial score (nSPS) is 13.9. The summed E-state index contributed by atoms with van der Waals surface area (Å²) >= 11 is 0. The van der Waals surface area contributed by atoms with E-state index in [9.17, 15) is 0 Å². The minimum Gasteiger partial charge on any atom is -0.494 e. The van der Waals surface area contributed by atoms with Crippen LogP contribution in [0.15, 0.2) is 29.8 Å². The largest absolute Gasteiger partial charge is 0.494 e. The number of ether oxygens (including phenoxy) is 1. The first-order valence-electron chi connectivity index (χ1n) is 10.7. The minimum absolute atomic E-state index is 0.794. The average Bonchev–Trinajstić information content (AvgIpc) is 3.40. The van der Waals surface area contributed by atoms with Crippen LogP contribution in [0, 0.1) is 5.92 Å². The molecule has 0 aliphatic heterocycles. The molecule has 4 heteroatoms. The van der Waals surface area contributed by atoms with Crippen LogP contribution >= 0.6 is 0 Å². The smallest absolute Gasteiger partial charge is 0.121 e. The van der Waals surface area contributed by atoms with Crippen molar-refractivity contribution in [2.75, 3.05) is 19.7 Å². The van der Waals surface area contributed by atoms with Crippen LogP contribution in [0.5, 0.6) is 5.75 Å². The zero-order valence-corrected chi connectivity index (χ0v) is 17.0. The molecule has 1 heterocycles. The van der Waals surface area contributed by atoms with Crippen LogP contribution in [0.2, 0.25) is 0 Å². The summed E-state index contributed by atoms with van der Waals surface area (Å²) in [5.74, 6) is 1.92. The van der Waals surface area contributed by atoms with Gasteiger partial charge in [-0.2, -0.15) is 5.10 Å². The maximum atomic E-state index is 5.93. The van der Waals surface area contributed by atoms with E-state index in [2.05, 4.69) is 53.6 Å². The van der Waals surface area contributed by atoms with Gasteiger partial charge in [0.05, 0.1) is 17.8 Å². The van der Waals surface area contributed by atoms with E-state index in [4.69, 9.17) is 4.74 Å². The Morgan fingerprint density at radius 1 is 1.22 bits per heavy atom. The second-order valence-corrected chi connectivity index (χ2v) is 8.11. The lowest BCUT2D eigenvalue weighted by molar-refractivity contribution is 0.305. The Hall–Kier alpha value is -1.81. The van der Waals surface area contributed by atoms with Gasteiger partial charge in [0.1, 0.15) is 5.75 Å². The topological polar surface area (TPSA) is 49.9 Å². The van der Waals surface area contributed by atoms with E-state index in [1.807, 2.05) is 0 Å². The number of benzene rings is 1. The molecule has 0 amide bonds. The molecule has 2 N–H and O–H groups in total. The molecule has 27 heavy (non-hydrogen) atoms. The number of aromatic nitrogens is 2. The molecule has 0 radical (unpaired) electrons. The number of H-pyrrole nitrogens is 1. The summed E-state index contributed by atoms with van der Waals surface area (Å²) in [6.07, 6.45) is 12.1. The van der Waals surface area contributed by atoms with E-state index in [1.54, 1.807) is 0 Å². The van der Waals surface area contributed by atoms with Crippen molar-refractivity contribution in [2.45, 2.75) is 65.2 Å². The molecule has 148 valence electrons. The molecule has 4 nitrogen and oxygen atoms in total. The first-order chi connectivity index (χ1) is 13.2. The number of nitrogens with one attached hydrogen (secondary N) is 2. The molecular weight excluding hydrogens is 334 g/mol. The molecule has 0 atom stereocenters. The van der Waals surface area contributed by atoms with Gasteiger partial charge in [0, 0.05) is 11.5 Å². The molecule has 1 fully saturated rings. The molecule has 3 rings (SSSR count). The highest BCUT2D eigenvalue weighted by Crippen LogP contribution is 2.27. The fraction of sp³-hybridized carbons (Fsp3) is 0.609. The van der Waals surface area contributed by atoms with Gasteiger partial charge in [-0.3, -0.25) is 5.10 Å². The number of nitrogens with zero attached hydrogens (tertiary/aromatic N) is 1. The van der Waals surface area contributed by atoms with E-state index >= 15 is 0 Å². The number of rotatable bonds is 13. The summed E-state index contributed by atoms with van der Waals surface area (Å²) in [5.41, 5.74) is 3.57. The van der Waals surface area contributed by atoms with Crippen LogP contribution in [0.3, 0.4) is 0 Å². The first kappa shape index (κ1) is 19.9. The van der Waals surface area contributed by atoms with Crippen molar-refractivity contribution in [3.05, 3.63) is 35.5 Å². The van der Waals surface area contributed by atoms with Crippen molar-refractivity contribution >= 4 is 10.9 Å². The van der Waals surface area contributed by atoms with Gasteiger partial charge in [-0.15, -0.1) is 0 Å². The number of hydrogen-bond acceptors (Lipinski definition) is 3. The summed E-state index contributed by atoms with van der Waals surface area (Å²) in [7, 11) is 0. The van der Waals surface area contributed by atoms with Gasteiger partial charge in [0.2, 0.25) is 0 Å². The molecule has 1 aromatic carbocycles. The predicted octanol–water partition coefficient (Wildman–Crippen LogP) is 5.40. The van der Waals surface area contributed by atoms with Crippen LogP contribution in [-0.2, 0) is 6.42 Å². The second-order valence-electron chi connectivity index (χ2n) is 8.11. The van der Waals surface area contributed by atoms with Gasteiger partial charge < -0.3 is 10.1 Å². The van der Waals surface area contributed by atoms with E-state index in [-0.39, 0.29) is 0 Å². The highest BCUT2D eigenvalue weighted by molar-refractivity contribution is 5.82. The van der Waals surface area contributed by atoms with Crippen molar-refractivity contribution in [1.82, 2.24) is 15.5 Å². The fourth-order valence-corrected chi connectivity index (χ4v) is 3.36. The Balaban J connectivity index is 1.32. The molecule has 1 aliphatic carbocycles. The molecule has 1 aromatic heterocycles. The van der Waals surface area contributed by atoms with Crippen LogP contribution in [0.4, 0.5) is 0 Å². The maximum absolute atomic E-state index is 5.93. The lowest BCUT2D eigenvalue weighted by atomic mass is 10.1. The lowest BCUT2D eigenvalue weighted by Gasteiger charge is -2.07. The zero-order valence-electron chi connectivity index (χ0n) is 17.0. The number of aromatic amines is 1. The van der Waals surface area contributed by atoms with Crippen molar-refractivity contribution in [2.24, 2.45) is 5.92 Å². The van der Waals surface area contributed by atoms with Crippen molar-refractivity contribution < 1.29 is 4.74 Å². The summed E-state index contributed by atoms with van der Waals surface area (Å²) in [5, 5.41) is 12.4. The molecule has 1 aliphatic rings. The average molecular weight is 370 g/mol. The Morgan fingerprint density at radius 2 is 2.07 bits per heavy atom. The minimum atomic E-state index is 0.794. The van der Waals surface area contributed by atoms with E-state index in [0.717, 1.165) is 48.7 Å². The quantitative estimate of drug-likeness (QED) is 0.367. The Labute approximate surface area is 163 Å². The summed E-state index contributed by atoms with van der Waals surface area (Å²) in [6, 6.07) is 6.29. The number of hydrogen-bond donors (Lipinski definition) is 2. The van der Waals surface area contributed by atoms with Crippen molar-refractivity contribution in [3.8, 4) is 5.75 Å². The van der Waals surface area contributed by atoms with E-state index < -0.39 is 0 Å². The third-order valence-corrected chi connectivity index (χ3v) is 5.19. The number of allylic oxidation sites excluding steroid dienone is 2. The van der Waals surface area contributed by atoms with E-state index in [0.29, 0.717) is 0 Å². The SMILES string of the molecule is CC(C)=CCCc1n[nH]c2cc(OCCCCCCNCC3CC3)ccc12. The zero-order chi connectivity index (χ0) is 18.9. The van der Waals surface area contributed by atoms with E-state index in [1.165, 1.54) is 56.2 Å². The number of fused-ring (bicyclic) bond motifs is 1. The standard InChI is InChI=1S/C23H35N3O/c1-18(2)8-7-9-22-21-13-12-20(16-23(21)26-25-22)27-15-6-4-3-5-14-24-17-19-10-11-19/h8,12-13,16,19,24H,3-7,9-11,14-15,17H2,1-2H3,(H,25,26). The molecule has 0 saturated heterocycles. The van der Waals surface area contributed by atoms with Crippen LogP contribution in [-0.4, -0.2) is 29.9 Å². The van der Waals surface area contributed by atoms with Crippen LogP contribution < -0.4 is 10.1 Å². The molecule has 0 spiro atoms. The molecule has 0 bridgehead atoms. The number of unbranched alkanes of at least 4 members (excludes halogenated alkanes) is 3.